The van der Waals surface area contributed by atoms with E-state index in [9.17, 15) is 0 Å². The Morgan fingerprint density at radius 2 is 1.77 bits per heavy atom. The fraction of sp³-hybridized carbons (Fsp3) is 0.300. The van der Waals surface area contributed by atoms with Gasteiger partial charge in [0, 0.05) is 37.2 Å². The van der Waals surface area contributed by atoms with Crippen molar-refractivity contribution in [2.75, 3.05) is 13.1 Å². The Hall–Kier alpha value is -2.06. The Labute approximate surface area is 132 Å². The summed E-state index contributed by atoms with van der Waals surface area (Å²) in [5.41, 5.74) is 4.27. The second-order valence-electron chi connectivity index (χ2n) is 6.41. The molecule has 1 aromatic heterocycles. The SMILES string of the molecule is Cn1cc(CN2CCC(c3ccccc3)C2)c2ccccc21. The van der Waals surface area contributed by atoms with E-state index in [-0.39, 0.29) is 0 Å². The van der Waals surface area contributed by atoms with Crippen molar-refractivity contribution in [3.05, 3.63) is 71.9 Å². The van der Waals surface area contributed by atoms with E-state index in [0.717, 1.165) is 6.54 Å². The van der Waals surface area contributed by atoms with Crippen molar-refractivity contribution in [1.82, 2.24) is 9.47 Å². The van der Waals surface area contributed by atoms with Crippen molar-refractivity contribution in [1.29, 1.82) is 0 Å². The zero-order valence-electron chi connectivity index (χ0n) is 13.1. The van der Waals surface area contributed by atoms with E-state index in [1.807, 2.05) is 0 Å². The van der Waals surface area contributed by atoms with Gasteiger partial charge < -0.3 is 4.57 Å². The minimum Gasteiger partial charge on any atom is -0.350 e. The zero-order valence-corrected chi connectivity index (χ0v) is 13.1. The molecule has 0 radical (unpaired) electrons. The van der Waals surface area contributed by atoms with Crippen LogP contribution in [0, 0.1) is 0 Å². The van der Waals surface area contributed by atoms with E-state index in [0.29, 0.717) is 5.92 Å². The molecule has 0 saturated carbocycles. The lowest BCUT2D eigenvalue weighted by molar-refractivity contribution is 0.328. The fourth-order valence-electron chi connectivity index (χ4n) is 3.77. The van der Waals surface area contributed by atoms with Crippen LogP contribution in [0.3, 0.4) is 0 Å². The van der Waals surface area contributed by atoms with Gasteiger partial charge in [0.15, 0.2) is 0 Å². The van der Waals surface area contributed by atoms with Crippen LogP contribution in [-0.4, -0.2) is 22.6 Å². The third-order valence-corrected chi connectivity index (χ3v) is 4.92. The van der Waals surface area contributed by atoms with Gasteiger partial charge in [-0.05, 0) is 36.1 Å². The topological polar surface area (TPSA) is 8.17 Å². The summed E-state index contributed by atoms with van der Waals surface area (Å²) in [5.74, 6) is 0.691. The summed E-state index contributed by atoms with van der Waals surface area (Å²) in [4.78, 5) is 2.60. The van der Waals surface area contributed by atoms with Crippen molar-refractivity contribution in [2.45, 2.75) is 18.9 Å². The van der Waals surface area contributed by atoms with Gasteiger partial charge in [-0.2, -0.15) is 0 Å². The summed E-state index contributed by atoms with van der Waals surface area (Å²) in [7, 11) is 2.14. The Balaban J connectivity index is 1.52. The van der Waals surface area contributed by atoms with E-state index >= 15 is 0 Å². The molecule has 0 N–H and O–H groups in total. The maximum Gasteiger partial charge on any atom is 0.0481 e. The molecular weight excluding hydrogens is 268 g/mol. The molecule has 1 saturated heterocycles. The Morgan fingerprint density at radius 3 is 2.64 bits per heavy atom. The molecule has 3 aromatic rings. The summed E-state index contributed by atoms with van der Waals surface area (Å²) in [6.45, 7) is 3.43. The summed E-state index contributed by atoms with van der Waals surface area (Å²) in [6, 6.07) is 19.7. The molecule has 1 aliphatic heterocycles. The molecule has 1 aliphatic rings. The molecule has 112 valence electrons. The minimum absolute atomic E-state index is 0.691. The van der Waals surface area contributed by atoms with Gasteiger partial charge in [-0.1, -0.05) is 48.5 Å². The Morgan fingerprint density at radius 1 is 1.00 bits per heavy atom. The van der Waals surface area contributed by atoms with E-state index in [1.54, 1.807) is 0 Å². The quantitative estimate of drug-likeness (QED) is 0.703. The number of hydrogen-bond donors (Lipinski definition) is 0. The van der Waals surface area contributed by atoms with Crippen LogP contribution in [0.5, 0.6) is 0 Å². The average Bonchev–Trinajstić information content (AvgIpc) is 3.15. The third-order valence-electron chi connectivity index (χ3n) is 4.92. The third kappa shape index (κ3) is 2.44. The Kier molecular flexibility index (Phi) is 3.47. The second-order valence-corrected chi connectivity index (χ2v) is 6.41. The number of aromatic nitrogens is 1. The average molecular weight is 290 g/mol. The molecule has 2 aromatic carbocycles. The summed E-state index contributed by atoms with van der Waals surface area (Å²) >= 11 is 0. The van der Waals surface area contributed by atoms with Crippen LogP contribution in [0.2, 0.25) is 0 Å². The molecule has 4 rings (SSSR count). The number of likely N-dealkylation sites (tertiary alicyclic amines) is 1. The minimum atomic E-state index is 0.691. The highest BCUT2D eigenvalue weighted by Crippen LogP contribution is 2.29. The fourth-order valence-corrected chi connectivity index (χ4v) is 3.77. The number of aryl methyl sites for hydroxylation is 1. The molecule has 2 nitrogen and oxygen atoms in total. The highest BCUT2D eigenvalue weighted by atomic mass is 15.1. The largest absolute Gasteiger partial charge is 0.350 e. The van der Waals surface area contributed by atoms with Gasteiger partial charge in [0.1, 0.15) is 0 Å². The van der Waals surface area contributed by atoms with Crippen LogP contribution in [-0.2, 0) is 13.6 Å². The van der Waals surface area contributed by atoms with Crippen LogP contribution < -0.4 is 0 Å². The van der Waals surface area contributed by atoms with Crippen molar-refractivity contribution in [2.24, 2.45) is 7.05 Å². The van der Waals surface area contributed by atoms with E-state index in [4.69, 9.17) is 0 Å². The lowest BCUT2D eigenvalue weighted by atomic mass is 9.99. The number of nitrogens with zero attached hydrogens (tertiary/aromatic N) is 2. The first kappa shape index (κ1) is 13.6. The summed E-state index contributed by atoms with van der Waals surface area (Å²) < 4.78 is 2.25. The second kappa shape index (κ2) is 5.62. The first-order valence-electron chi connectivity index (χ1n) is 8.11. The van der Waals surface area contributed by atoms with E-state index < -0.39 is 0 Å². The summed E-state index contributed by atoms with van der Waals surface area (Å²) in [6.07, 6.45) is 3.56. The molecule has 0 aliphatic carbocycles. The van der Waals surface area contributed by atoms with Gasteiger partial charge in [-0.3, -0.25) is 4.90 Å². The van der Waals surface area contributed by atoms with Crippen LogP contribution in [0.25, 0.3) is 10.9 Å². The van der Waals surface area contributed by atoms with Gasteiger partial charge in [-0.25, -0.2) is 0 Å². The molecule has 0 bridgehead atoms. The number of para-hydroxylation sites is 1. The van der Waals surface area contributed by atoms with E-state index in [1.165, 1.54) is 41.5 Å². The van der Waals surface area contributed by atoms with Crippen LogP contribution in [0.1, 0.15) is 23.5 Å². The van der Waals surface area contributed by atoms with Crippen LogP contribution in [0.15, 0.2) is 60.8 Å². The first-order chi connectivity index (χ1) is 10.8. The summed E-state index contributed by atoms with van der Waals surface area (Å²) in [5, 5.41) is 1.40. The van der Waals surface area contributed by atoms with Gasteiger partial charge >= 0.3 is 0 Å². The maximum atomic E-state index is 2.60. The number of benzene rings is 2. The molecule has 1 atom stereocenters. The standard InChI is InChI=1S/C20H22N2/c1-21-13-18(19-9-5-6-10-20(19)21)15-22-12-11-17(14-22)16-7-3-2-4-8-16/h2-10,13,17H,11-12,14-15H2,1H3. The highest BCUT2D eigenvalue weighted by molar-refractivity contribution is 5.83. The van der Waals surface area contributed by atoms with Crippen molar-refractivity contribution >= 4 is 10.9 Å². The number of rotatable bonds is 3. The monoisotopic (exact) mass is 290 g/mol. The van der Waals surface area contributed by atoms with Gasteiger partial charge in [0.2, 0.25) is 0 Å². The maximum absolute atomic E-state index is 2.60. The lowest BCUT2D eigenvalue weighted by Crippen LogP contribution is -2.19. The van der Waals surface area contributed by atoms with Crippen molar-refractivity contribution < 1.29 is 0 Å². The molecule has 22 heavy (non-hydrogen) atoms. The highest BCUT2D eigenvalue weighted by Gasteiger charge is 2.24. The molecule has 1 unspecified atom stereocenters. The molecule has 0 amide bonds. The van der Waals surface area contributed by atoms with E-state index in [2.05, 4.69) is 77.3 Å². The molecule has 2 heterocycles. The normalized spacial score (nSPS) is 19.0. The molecule has 0 spiro atoms. The smallest absolute Gasteiger partial charge is 0.0481 e. The molecule has 1 fully saturated rings. The number of fused-ring (bicyclic) bond motifs is 1. The molecular formula is C20H22N2. The van der Waals surface area contributed by atoms with Gasteiger partial charge in [0.25, 0.3) is 0 Å². The van der Waals surface area contributed by atoms with Gasteiger partial charge in [-0.15, -0.1) is 0 Å². The van der Waals surface area contributed by atoms with Gasteiger partial charge in [0.05, 0.1) is 0 Å². The predicted molar refractivity (Wildman–Crippen MR) is 92.0 cm³/mol. The predicted octanol–water partition coefficient (Wildman–Crippen LogP) is 4.17. The number of hydrogen-bond acceptors (Lipinski definition) is 1. The molecule has 2 heteroatoms. The zero-order chi connectivity index (χ0) is 14.9. The van der Waals surface area contributed by atoms with Crippen LogP contribution in [0.4, 0.5) is 0 Å². The Bertz CT molecular complexity index is 773. The van der Waals surface area contributed by atoms with Crippen molar-refractivity contribution in [3.63, 3.8) is 0 Å². The van der Waals surface area contributed by atoms with Crippen LogP contribution >= 0.6 is 0 Å². The first-order valence-corrected chi connectivity index (χ1v) is 8.11. The van der Waals surface area contributed by atoms with Crippen molar-refractivity contribution in [3.8, 4) is 0 Å². The lowest BCUT2D eigenvalue weighted by Gasteiger charge is -2.15.